The highest BCUT2D eigenvalue weighted by Gasteiger charge is 2.40. The summed E-state index contributed by atoms with van der Waals surface area (Å²) in [7, 11) is -0.973. The Labute approximate surface area is 106 Å². The molecule has 0 aliphatic carbocycles. The maximum absolute atomic E-state index is 10.7. The molecule has 1 fully saturated rings. The van der Waals surface area contributed by atoms with E-state index in [4.69, 9.17) is 24.0 Å². The van der Waals surface area contributed by atoms with Gasteiger partial charge < -0.3 is 29.1 Å². The number of methoxy groups -OCH3 is 1. The molecule has 1 saturated heterocycles. The van der Waals surface area contributed by atoms with Gasteiger partial charge in [-0.05, 0) is 6.08 Å². The van der Waals surface area contributed by atoms with Crippen molar-refractivity contribution >= 4 is 15.4 Å². The van der Waals surface area contributed by atoms with Gasteiger partial charge in [0.05, 0.1) is 19.2 Å². The highest BCUT2D eigenvalue weighted by molar-refractivity contribution is 7.55. The lowest BCUT2D eigenvalue weighted by atomic mass is 9.93. The van der Waals surface area contributed by atoms with E-state index in [1.807, 2.05) is 0 Å². The van der Waals surface area contributed by atoms with Crippen LogP contribution in [0.5, 0.6) is 0 Å². The van der Waals surface area contributed by atoms with E-state index in [9.17, 15) is 9.67 Å². The summed E-state index contributed by atoms with van der Waals surface area (Å²) in [6.45, 7) is 0.722. The van der Waals surface area contributed by atoms with Crippen molar-refractivity contribution in [3.05, 3.63) is 11.9 Å². The lowest BCUT2D eigenvalue weighted by molar-refractivity contribution is -0.0365. The van der Waals surface area contributed by atoms with Crippen molar-refractivity contribution in [2.45, 2.75) is 24.3 Å². The molecule has 9 heteroatoms. The molecule has 0 spiro atoms. The Morgan fingerprint density at radius 1 is 1.44 bits per heavy atom. The molecule has 0 bridgehead atoms. The molecular weight excluding hydrogens is 262 g/mol. The number of rotatable bonds is 6. The second-order valence-electron chi connectivity index (χ2n) is 4.06. The molecule has 4 atom stereocenters. The average Bonchev–Trinajstić information content (AvgIpc) is 2.53. The Kier molecular flexibility index (Phi) is 6.00. The fourth-order valence-electron chi connectivity index (χ4n) is 1.73. The van der Waals surface area contributed by atoms with E-state index in [0.717, 1.165) is 5.82 Å². The third-order valence-corrected chi connectivity index (χ3v) is 3.14. The van der Waals surface area contributed by atoms with Gasteiger partial charge in [-0.15, -0.1) is 0 Å². The number of ether oxygens (including phenoxy) is 3. The molecule has 0 aromatic rings. The van der Waals surface area contributed by atoms with Crippen LogP contribution < -0.4 is 0 Å². The predicted octanol–water partition coefficient (Wildman–Crippen LogP) is -1.57. The van der Waals surface area contributed by atoms with Crippen molar-refractivity contribution in [1.82, 2.24) is 0 Å². The smallest absolute Gasteiger partial charge is 0.348 e. The van der Waals surface area contributed by atoms with E-state index in [2.05, 4.69) is 0 Å². The molecule has 1 aliphatic heterocycles. The van der Waals surface area contributed by atoms with Crippen LogP contribution >= 0.6 is 7.60 Å². The zero-order valence-electron chi connectivity index (χ0n) is 10.3. The van der Waals surface area contributed by atoms with Crippen molar-refractivity contribution in [2.24, 2.45) is 0 Å². The summed E-state index contributed by atoms with van der Waals surface area (Å²) >= 11 is 0. The summed E-state index contributed by atoms with van der Waals surface area (Å²) < 4.78 is 26.3. The fraction of sp³-hybridized carbons (Fsp3) is 0.778. The maximum atomic E-state index is 10.7. The monoisotopic (exact) mass is 280 g/mol. The van der Waals surface area contributed by atoms with Gasteiger partial charge in [-0.1, -0.05) is 0 Å². The SMILES string of the molecule is B[C@@H]1O[C@H](/C=C/P(=O)(O)O)C(O)C1OCCOC. The minimum atomic E-state index is -4.24. The van der Waals surface area contributed by atoms with Gasteiger partial charge in [0, 0.05) is 12.9 Å². The molecule has 1 rings (SSSR count). The van der Waals surface area contributed by atoms with E-state index in [0.29, 0.717) is 13.2 Å². The second kappa shape index (κ2) is 6.82. The molecule has 0 amide bonds. The van der Waals surface area contributed by atoms with Crippen molar-refractivity contribution in [3.8, 4) is 0 Å². The minimum Gasteiger partial charge on any atom is -0.387 e. The van der Waals surface area contributed by atoms with Gasteiger partial charge >= 0.3 is 7.60 Å². The topological polar surface area (TPSA) is 105 Å². The van der Waals surface area contributed by atoms with Crippen LogP contribution in [0.25, 0.3) is 0 Å². The molecule has 1 aliphatic rings. The largest absolute Gasteiger partial charge is 0.387 e. The van der Waals surface area contributed by atoms with Gasteiger partial charge in [-0.25, -0.2) is 0 Å². The number of aliphatic hydroxyl groups excluding tert-OH is 1. The Morgan fingerprint density at radius 3 is 2.67 bits per heavy atom. The van der Waals surface area contributed by atoms with E-state index in [1.165, 1.54) is 6.08 Å². The summed E-state index contributed by atoms with van der Waals surface area (Å²) in [5.74, 6) is 0.727. The Balaban J connectivity index is 2.55. The van der Waals surface area contributed by atoms with Crippen LogP contribution in [0.3, 0.4) is 0 Å². The zero-order valence-corrected chi connectivity index (χ0v) is 11.2. The summed E-state index contributed by atoms with van der Waals surface area (Å²) in [5.41, 5.74) is 0. The third kappa shape index (κ3) is 4.82. The summed E-state index contributed by atoms with van der Waals surface area (Å²) in [6, 6.07) is -0.358. The summed E-state index contributed by atoms with van der Waals surface area (Å²) in [4.78, 5) is 17.4. The highest BCUT2D eigenvalue weighted by Crippen LogP contribution is 2.37. The fourth-order valence-corrected chi connectivity index (χ4v) is 2.12. The first-order valence-electron chi connectivity index (χ1n) is 5.54. The highest BCUT2D eigenvalue weighted by atomic mass is 31.2. The van der Waals surface area contributed by atoms with Crippen LogP contribution in [0.2, 0.25) is 0 Å². The van der Waals surface area contributed by atoms with Gasteiger partial charge in [0.1, 0.15) is 26.2 Å². The quantitative estimate of drug-likeness (QED) is 0.306. The molecular formula is C9H18BO7P. The van der Waals surface area contributed by atoms with Gasteiger partial charge in [0.2, 0.25) is 0 Å². The Hall–Kier alpha value is -0.205. The molecule has 2 unspecified atom stereocenters. The molecule has 1 heterocycles. The Bertz CT molecular complexity index is 331. The normalized spacial score (nSPS) is 33.3. The molecule has 104 valence electrons. The van der Waals surface area contributed by atoms with Gasteiger partial charge in [-0.2, -0.15) is 0 Å². The molecule has 0 aromatic carbocycles. The van der Waals surface area contributed by atoms with Crippen LogP contribution in [0.4, 0.5) is 0 Å². The first-order valence-corrected chi connectivity index (χ1v) is 7.22. The first-order chi connectivity index (χ1) is 8.35. The minimum absolute atomic E-state index is 0.320. The molecule has 0 saturated carbocycles. The van der Waals surface area contributed by atoms with Crippen LogP contribution in [0, 0.1) is 0 Å². The Morgan fingerprint density at radius 2 is 2.11 bits per heavy atom. The summed E-state index contributed by atoms with van der Waals surface area (Å²) in [5, 5.41) is 9.92. The van der Waals surface area contributed by atoms with Crippen molar-refractivity contribution in [3.63, 3.8) is 0 Å². The van der Waals surface area contributed by atoms with Crippen LogP contribution in [-0.4, -0.2) is 67.4 Å². The summed E-state index contributed by atoms with van der Waals surface area (Å²) in [6.07, 6.45) is -1.10. The molecule has 0 radical (unpaired) electrons. The van der Waals surface area contributed by atoms with E-state index < -0.39 is 25.9 Å². The molecule has 3 N–H and O–H groups in total. The number of hydrogen-bond acceptors (Lipinski definition) is 5. The van der Waals surface area contributed by atoms with Crippen molar-refractivity contribution in [2.75, 3.05) is 20.3 Å². The van der Waals surface area contributed by atoms with E-state index in [-0.39, 0.29) is 6.00 Å². The lowest BCUT2D eigenvalue weighted by Gasteiger charge is -2.18. The van der Waals surface area contributed by atoms with Crippen LogP contribution in [0.15, 0.2) is 11.9 Å². The molecule has 7 nitrogen and oxygen atoms in total. The van der Waals surface area contributed by atoms with Gasteiger partial charge in [0.15, 0.2) is 0 Å². The number of hydrogen-bond donors (Lipinski definition) is 3. The van der Waals surface area contributed by atoms with E-state index in [1.54, 1.807) is 15.0 Å². The van der Waals surface area contributed by atoms with E-state index >= 15 is 0 Å². The maximum Gasteiger partial charge on any atom is 0.348 e. The molecule has 0 aromatic heterocycles. The zero-order chi connectivity index (χ0) is 13.8. The van der Waals surface area contributed by atoms with Crippen LogP contribution in [0.1, 0.15) is 0 Å². The van der Waals surface area contributed by atoms with Crippen molar-refractivity contribution < 1.29 is 33.7 Å². The molecule has 18 heavy (non-hydrogen) atoms. The third-order valence-electron chi connectivity index (χ3n) is 2.58. The average molecular weight is 280 g/mol. The van der Waals surface area contributed by atoms with Crippen LogP contribution in [-0.2, 0) is 18.8 Å². The lowest BCUT2D eigenvalue weighted by Crippen LogP contribution is -2.35. The standard InChI is InChI=1S/C9H18BO7P/c1-15-3-4-16-8-7(11)6(17-9(8)10)2-5-18(12,13)14/h2,5-9,11H,3-4,10H2,1H3,(H2,12,13,14)/b5-2+/t6-,7?,8?,9-/m1/s1. The first kappa shape index (κ1) is 15.9. The number of aliphatic hydroxyl groups is 1. The predicted molar refractivity (Wildman–Crippen MR) is 66.0 cm³/mol. The van der Waals surface area contributed by atoms with Crippen molar-refractivity contribution in [1.29, 1.82) is 0 Å². The van der Waals surface area contributed by atoms with Gasteiger partial charge in [0.25, 0.3) is 0 Å². The second-order valence-corrected chi connectivity index (χ2v) is 5.53. The van der Waals surface area contributed by atoms with Gasteiger partial charge in [-0.3, -0.25) is 4.57 Å².